The Kier molecular flexibility index (Phi) is 4.21. The lowest BCUT2D eigenvalue weighted by Crippen LogP contribution is -2.39. The van der Waals surface area contributed by atoms with Crippen LogP contribution < -0.4 is 16.6 Å². The van der Waals surface area contributed by atoms with Gasteiger partial charge in [0.2, 0.25) is 5.95 Å². The molecule has 2 N–H and O–H groups in total. The highest BCUT2D eigenvalue weighted by atomic mass is 16.2. The average Bonchev–Trinajstić information content (AvgIpc) is 3.30. The number of aromatic amines is 1. The Morgan fingerprint density at radius 1 is 1.10 bits per heavy atom. The van der Waals surface area contributed by atoms with Crippen molar-refractivity contribution in [2.45, 2.75) is 13.5 Å². The van der Waals surface area contributed by atoms with Crippen LogP contribution in [0.15, 0.2) is 52.4 Å². The second kappa shape index (κ2) is 6.94. The van der Waals surface area contributed by atoms with Crippen LogP contribution in [0, 0.1) is 6.92 Å². The van der Waals surface area contributed by atoms with E-state index >= 15 is 0 Å². The molecule has 0 saturated carbocycles. The zero-order valence-corrected chi connectivity index (χ0v) is 17.2. The summed E-state index contributed by atoms with van der Waals surface area (Å²) in [5.41, 5.74) is 2.68. The van der Waals surface area contributed by atoms with E-state index in [4.69, 9.17) is 0 Å². The van der Waals surface area contributed by atoms with E-state index in [-0.39, 0.29) is 6.54 Å². The summed E-state index contributed by atoms with van der Waals surface area (Å²) in [4.78, 5) is 42.0. The first-order valence-electron chi connectivity index (χ1n) is 9.70. The molecule has 0 saturated heterocycles. The van der Waals surface area contributed by atoms with Crippen molar-refractivity contribution in [3.8, 4) is 0 Å². The van der Waals surface area contributed by atoms with Crippen molar-refractivity contribution in [1.82, 2.24) is 33.6 Å². The van der Waals surface area contributed by atoms with Crippen LogP contribution in [0.3, 0.4) is 0 Å². The van der Waals surface area contributed by atoms with E-state index in [0.29, 0.717) is 22.9 Å². The van der Waals surface area contributed by atoms with Crippen LogP contribution in [0.25, 0.3) is 22.1 Å². The lowest BCUT2D eigenvalue weighted by atomic mass is 10.2. The van der Waals surface area contributed by atoms with Gasteiger partial charge >= 0.3 is 5.69 Å². The van der Waals surface area contributed by atoms with Gasteiger partial charge < -0.3 is 14.9 Å². The molecule has 1 aromatic carbocycles. The molecular formula is C21H20N8O2. The van der Waals surface area contributed by atoms with Gasteiger partial charge in [-0.1, -0.05) is 11.6 Å². The smallest absolute Gasteiger partial charge is 0.332 e. The lowest BCUT2D eigenvalue weighted by molar-refractivity contribution is 0.648. The monoisotopic (exact) mass is 416 g/mol. The molecule has 156 valence electrons. The van der Waals surface area contributed by atoms with Crippen LogP contribution >= 0.6 is 0 Å². The van der Waals surface area contributed by atoms with Crippen LogP contribution in [0.2, 0.25) is 0 Å². The summed E-state index contributed by atoms with van der Waals surface area (Å²) in [7, 11) is 3.33. The highest BCUT2D eigenvalue weighted by Crippen LogP contribution is 2.19. The third-order valence-electron chi connectivity index (χ3n) is 5.34. The number of nitrogens with one attached hydrogen (secondary N) is 2. The van der Waals surface area contributed by atoms with E-state index in [1.807, 2.05) is 25.1 Å². The van der Waals surface area contributed by atoms with Crippen molar-refractivity contribution in [1.29, 1.82) is 0 Å². The van der Waals surface area contributed by atoms with Crippen LogP contribution in [-0.2, 0) is 20.6 Å². The van der Waals surface area contributed by atoms with Gasteiger partial charge in [0.15, 0.2) is 11.2 Å². The Morgan fingerprint density at radius 3 is 2.71 bits per heavy atom. The lowest BCUT2D eigenvalue weighted by Gasteiger charge is -2.08. The Hall–Kier alpha value is -4.21. The first kappa shape index (κ1) is 18.8. The second-order valence-electron chi connectivity index (χ2n) is 7.50. The zero-order valence-electron chi connectivity index (χ0n) is 17.2. The molecule has 0 bridgehead atoms. The van der Waals surface area contributed by atoms with Gasteiger partial charge in [0, 0.05) is 31.5 Å². The number of nitrogens with zero attached hydrogens (tertiary/aromatic N) is 6. The standard InChI is InChI=1S/C21H20N8O2/c1-12-4-5-15-13(8-12)9-14(24-15)10-29-19(30)17-18(28(3)21(29)31)26-20(27(17)2)25-16-6-7-22-11-23-16/h4-9,11,24H,10H2,1-3H3,(H,22,23,25,26). The molecule has 0 amide bonds. The van der Waals surface area contributed by atoms with Crippen LogP contribution in [0.1, 0.15) is 11.3 Å². The molecular weight excluding hydrogens is 396 g/mol. The third-order valence-corrected chi connectivity index (χ3v) is 5.34. The van der Waals surface area contributed by atoms with Crippen LogP contribution in [0.4, 0.5) is 11.8 Å². The van der Waals surface area contributed by atoms with Gasteiger partial charge in [0.05, 0.1) is 6.54 Å². The molecule has 5 aromatic rings. The van der Waals surface area contributed by atoms with Gasteiger partial charge in [0.25, 0.3) is 5.56 Å². The predicted octanol–water partition coefficient (Wildman–Crippen LogP) is 1.81. The highest BCUT2D eigenvalue weighted by molar-refractivity contribution is 5.81. The number of hydrogen-bond acceptors (Lipinski definition) is 6. The van der Waals surface area contributed by atoms with Crippen LogP contribution in [-0.4, -0.2) is 33.6 Å². The molecule has 31 heavy (non-hydrogen) atoms. The predicted molar refractivity (Wildman–Crippen MR) is 118 cm³/mol. The fraction of sp³-hybridized carbons (Fsp3) is 0.190. The molecule has 0 radical (unpaired) electrons. The summed E-state index contributed by atoms with van der Waals surface area (Å²) >= 11 is 0. The van der Waals surface area contributed by atoms with Crippen molar-refractivity contribution in [3.63, 3.8) is 0 Å². The molecule has 10 nitrogen and oxygen atoms in total. The third kappa shape index (κ3) is 3.08. The van der Waals surface area contributed by atoms with Gasteiger partial charge in [-0.3, -0.25) is 13.9 Å². The fourth-order valence-electron chi connectivity index (χ4n) is 3.74. The van der Waals surface area contributed by atoms with E-state index in [2.05, 4.69) is 31.3 Å². The number of anilines is 2. The van der Waals surface area contributed by atoms with Crippen LogP contribution in [0.5, 0.6) is 0 Å². The first-order chi connectivity index (χ1) is 14.9. The molecule has 4 aromatic heterocycles. The Bertz CT molecular complexity index is 1560. The van der Waals surface area contributed by atoms with E-state index < -0.39 is 11.2 Å². The number of imidazole rings is 1. The SMILES string of the molecule is Cc1ccc2[nH]c(Cn3c(=O)c4c(nc(Nc5ccncn5)n4C)n(C)c3=O)cc2c1. The van der Waals surface area contributed by atoms with Crippen molar-refractivity contribution in [3.05, 3.63) is 75.0 Å². The maximum atomic E-state index is 13.3. The maximum Gasteiger partial charge on any atom is 0.332 e. The number of aromatic nitrogens is 7. The van der Waals surface area contributed by atoms with Crippen molar-refractivity contribution in [2.24, 2.45) is 14.1 Å². The largest absolute Gasteiger partial charge is 0.357 e. The van der Waals surface area contributed by atoms with Crippen molar-refractivity contribution in [2.75, 3.05) is 5.32 Å². The molecule has 0 aliphatic carbocycles. The van der Waals surface area contributed by atoms with Gasteiger partial charge in [-0.2, -0.15) is 4.98 Å². The number of benzene rings is 1. The van der Waals surface area contributed by atoms with Crippen molar-refractivity contribution >= 4 is 33.8 Å². The number of H-pyrrole nitrogens is 1. The molecule has 0 fully saturated rings. The molecule has 0 atom stereocenters. The average molecular weight is 416 g/mol. The number of hydrogen-bond donors (Lipinski definition) is 2. The Labute approximate surface area is 175 Å². The summed E-state index contributed by atoms with van der Waals surface area (Å²) in [5.74, 6) is 0.937. The minimum Gasteiger partial charge on any atom is -0.357 e. The van der Waals surface area contributed by atoms with E-state index in [1.165, 1.54) is 15.5 Å². The second-order valence-corrected chi connectivity index (χ2v) is 7.50. The molecule has 0 aliphatic heterocycles. The summed E-state index contributed by atoms with van der Waals surface area (Å²) in [6, 6.07) is 9.72. The highest BCUT2D eigenvalue weighted by Gasteiger charge is 2.19. The van der Waals surface area contributed by atoms with Gasteiger partial charge in [-0.15, -0.1) is 0 Å². The minimum atomic E-state index is -0.431. The summed E-state index contributed by atoms with van der Waals surface area (Å²) in [6.07, 6.45) is 3.01. The first-order valence-corrected chi connectivity index (χ1v) is 9.70. The maximum absolute atomic E-state index is 13.3. The summed E-state index contributed by atoms with van der Waals surface area (Å²) in [5, 5.41) is 4.10. The summed E-state index contributed by atoms with van der Waals surface area (Å²) in [6.45, 7) is 2.16. The van der Waals surface area contributed by atoms with Gasteiger partial charge in [-0.25, -0.2) is 14.8 Å². The quantitative estimate of drug-likeness (QED) is 0.462. The molecule has 0 unspecified atom stereocenters. The van der Waals surface area contributed by atoms with Gasteiger partial charge in [-0.05, 0) is 36.6 Å². The van der Waals surface area contributed by atoms with E-state index in [9.17, 15) is 9.59 Å². The zero-order chi connectivity index (χ0) is 21.7. The molecule has 5 rings (SSSR count). The topological polar surface area (TPSA) is 115 Å². The summed E-state index contributed by atoms with van der Waals surface area (Å²) < 4.78 is 4.23. The van der Waals surface area contributed by atoms with Gasteiger partial charge in [0.1, 0.15) is 12.1 Å². The molecule has 0 aliphatic rings. The number of aryl methyl sites for hydroxylation is 3. The Balaban J connectivity index is 1.62. The van der Waals surface area contributed by atoms with Crippen molar-refractivity contribution < 1.29 is 0 Å². The normalized spacial score (nSPS) is 11.5. The Morgan fingerprint density at radius 2 is 1.94 bits per heavy atom. The fourth-order valence-corrected chi connectivity index (χ4v) is 3.74. The van der Waals surface area contributed by atoms with E-state index in [0.717, 1.165) is 22.2 Å². The molecule has 4 heterocycles. The molecule has 10 heteroatoms. The van der Waals surface area contributed by atoms with E-state index in [1.54, 1.807) is 30.9 Å². The minimum absolute atomic E-state index is 0.134. The number of fused-ring (bicyclic) bond motifs is 2. The molecule has 0 spiro atoms. The number of rotatable bonds is 4.